The Morgan fingerprint density at radius 1 is 1.19 bits per heavy atom. The molecule has 6 heteroatoms. The third kappa shape index (κ3) is 3.32. The first-order chi connectivity index (χ1) is 10.3. The van der Waals surface area contributed by atoms with Crippen molar-refractivity contribution in [3.63, 3.8) is 0 Å². The van der Waals surface area contributed by atoms with Gasteiger partial charge in [-0.15, -0.1) is 0 Å². The molecule has 1 saturated carbocycles. The van der Waals surface area contributed by atoms with Crippen molar-refractivity contribution < 1.29 is 9.47 Å². The van der Waals surface area contributed by atoms with Crippen LogP contribution < -0.4 is 4.90 Å². The van der Waals surface area contributed by atoms with Crippen LogP contribution in [0.5, 0.6) is 0 Å². The van der Waals surface area contributed by atoms with Gasteiger partial charge in [-0.1, -0.05) is 0 Å². The molecular weight excluding hydrogens is 381 g/mol. The van der Waals surface area contributed by atoms with E-state index in [1.165, 1.54) is 25.7 Å². The molecule has 21 heavy (non-hydrogen) atoms. The summed E-state index contributed by atoms with van der Waals surface area (Å²) in [6.45, 7) is 2.67. The highest BCUT2D eigenvalue weighted by atomic mass is 127. The smallest absolute Gasteiger partial charge is 0.158 e. The van der Waals surface area contributed by atoms with Crippen LogP contribution in [0, 0.1) is 3.70 Å². The SMILES string of the molecule is Ic1cc(N2CC(OC3CCCCO3)C2)nc(C2CC2)n1. The van der Waals surface area contributed by atoms with Crippen molar-refractivity contribution in [3.05, 3.63) is 15.6 Å². The first-order valence-corrected chi connectivity index (χ1v) is 8.92. The van der Waals surface area contributed by atoms with Crippen LogP contribution in [0.2, 0.25) is 0 Å². The summed E-state index contributed by atoms with van der Waals surface area (Å²) in [6.07, 6.45) is 6.20. The number of anilines is 1. The van der Waals surface area contributed by atoms with Crippen molar-refractivity contribution >= 4 is 28.4 Å². The lowest BCUT2D eigenvalue weighted by atomic mass is 10.1. The molecule has 4 rings (SSSR count). The van der Waals surface area contributed by atoms with Gasteiger partial charge in [0, 0.05) is 31.7 Å². The van der Waals surface area contributed by atoms with Gasteiger partial charge >= 0.3 is 0 Å². The van der Waals surface area contributed by atoms with Gasteiger partial charge in [0.1, 0.15) is 15.3 Å². The highest BCUT2D eigenvalue weighted by Crippen LogP contribution is 2.39. The number of aromatic nitrogens is 2. The minimum absolute atomic E-state index is 0.0125. The highest BCUT2D eigenvalue weighted by Gasteiger charge is 2.33. The molecule has 3 fully saturated rings. The van der Waals surface area contributed by atoms with Crippen LogP contribution in [0.3, 0.4) is 0 Å². The van der Waals surface area contributed by atoms with Crippen LogP contribution in [-0.4, -0.2) is 42.1 Å². The summed E-state index contributed by atoms with van der Waals surface area (Å²) < 4.78 is 12.7. The molecule has 1 aromatic rings. The zero-order valence-electron chi connectivity index (χ0n) is 12.0. The van der Waals surface area contributed by atoms with Gasteiger partial charge in [0.15, 0.2) is 6.29 Å². The zero-order chi connectivity index (χ0) is 14.2. The molecule has 0 bridgehead atoms. The Bertz CT molecular complexity index is 512. The molecule has 0 N–H and O–H groups in total. The standard InChI is InChI=1S/C15H20IN3O2/c16-12-7-13(18-15(17-12)10-4-5-10)19-8-11(9-19)21-14-3-1-2-6-20-14/h7,10-11,14H,1-6,8-9H2. The molecule has 0 aromatic carbocycles. The summed E-state index contributed by atoms with van der Waals surface area (Å²) in [5.74, 6) is 2.68. The maximum atomic E-state index is 5.99. The maximum absolute atomic E-state index is 5.99. The summed E-state index contributed by atoms with van der Waals surface area (Å²) in [5, 5.41) is 0. The Hall–Kier alpha value is -0.470. The number of nitrogens with zero attached hydrogens (tertiary/aromatic N) is 3. The third-order valence-electron chi connectivity index (χ3n) is 4.30. The number of rotatable bonds is 4. The first-order valence-electron chi connectivity index (χ1n) is 7.84. The van der Waals surface area contributed by atoms with Crippen LogP contribution >= 0.6 is 22.6 Å². The van der Waals surface area contributed by atoms with E-state index in [9.17, 15) is 0 Å². The quantitative estimate of drug-likeness (QED) is 0.574. The molecular formula is C15H20IN3O2. The summed E-state index contributed by atoms with van der Waals surface area (Å²) in [5.41, 5.74) is 0. The number of hydrogen-bond donors (Lipinski definition) is 0. The average Bonchev–Trinajstić information content (AvgIpc) is 3.27. The highest BCUT2D eigenvalue weighted by molar-refractivity contribution is 14.1. The second kappa shape index (κ2) is 5.96. The Morgan fingerprint density at radius 3 is 2.76 bits per heavy atom. The third-order valence-corrected chi connectivity index (χ3v) is 4.85. The van der Waals surface area contributed by atoms with Gasteiger partial charge in [0.05, 0.1) is 6.10 Å². The summed E-state index contributed by atoms with van der Waals surface area (Å²) in [6, 6.07) is 2.07. The van der Waals surface area contributed by atoms with E-state index in [4.69, 9.17) is 14.5 Å². The molecule has 0 amide bonds. The van der Waals surface area contributed by atoms with E-state index in [2.05, 4.69) is 38.5 Å². The molecule has 1 unspecified atom stereocenters. The van der Waals surface area contributed by atoms with E-state index in [0.717, 1.165) is 41.5 Å². The Kier molecular flexibility index (Phi) is 4.02. The summed E-state index contributed by atoms with van der Waals surface area (Å²) in [7, 11) is 0. The largest absolute Gasteiger partial charge is 0.353 e. The van der Waals surface area contributed by atoms with Crippen molar-refractivity contribution in [2.45, 2.75) is 50.4 Å². The summed E-state index contributed by atoms with van der Waals surface area (Å²) >= 11 is 2.29. The molecule has 3 heterocycles. The lowest BCUT2D eigenvalue weighted by molar-refractivity contribution is -0.191. The fraction of sp³-hybridized carbons (Fsp3) is 0.733. The molecule has 2 aliphatic heterocycles. The van der Waals surface area contributed by atoms with Gasteiger partial charge in [-0.25, -0.2) is 9.97 Å². The van der Waals surface area contributed by atoms with Gasteiger partial charge < -0.3 is 14.4 Å². The molecule has 3 aliphatic rings. The van der Waals surface area contributed by atoms with E-state index in [1.54, 1.807) is 0 Å². The fourth-order valence-electron chi connectivity index (χ4n) is 2.85. The summed E-state index contributed by atoms with van der Waals surface area (Å²) in [4.78, 5) is 11.5. The van der Waals surface area contributed by atoms with Crippen molar-refractivity contribution in [2.75, 3.05) is 24.6 Å². The van der Waals surface area contributed by atoms with Gasteiger partial charge in [-0.05, 0) is 54.7 Å². The number of halogens is 1. The van der Waals surface area contributed by atoms with Gasteiger partial charge in [-0.3, -0.25) is 0 Å². The molecule has 0 radical (unpaired) electrons. The predicted octanol–water partition coefficient (Wildman–Crippen LogP) is 2.69. The van der Waals surface area contributed by atoms with Crippen LogP contribution in [0.15, 0.2) is 6.07 Å². The maximum Gasteiger partial charge on any atom is 0.158 e. The zero-order valence-corrected chi connectivity index (χ0v) is 14.2. The monoisotopic (exact) mass is 401 g/mol. The first kappa shape index (κ1) is 14.1. The second-order valence-electron chi connectivity index (χ2n) is 6.14. The van der Waals surface area contributed by atoms with Crippen molar-refractivity contribution in [3.8, 4) is 0 Å². The van der Waals surface area contributed by atoms with Crippen LogP contribution in [0.1, 0.15) is 43.8 Å². The molecule has 0 spiro atoms. The van der Waals surface area contributed by atoms with Gasteiger partial charge in [0.2, 0.25) is 0 Å². The van der Waals surface area contributed by atoms with Crippen LogP contribution in [0.4, 0.5) is 5.82 Å². The molecule has 2 saturated heterocycles. The van der Waals surface area contributed by atoms with Crippen molar-refractivity contribution in [1.29, 1.82) is 0 Å². The normalized spacial score (nSPS) is 26.7. The fourth-order valence-corrected chi connectivity index (χ4v) is 3.38. The topological polar surface area (TPSA) is 47.5 Å². The second-order valence-corrected chi connectivity index (χ2v) is 7.25. The van der Waals surface area contributed by atoms with E-state index in [-0.39, 0.29) is 12.4 Å². The van der Waals surface area contributed by atoms with E-state index in [1.807, 2.05) is 0 Å². The molecule has 5 nitrogen and oxygen atoms in total. The number of hydrogen-bond acceptors (Lipinski definition) is 5. The van der Waals surface area contributed by atoms with Crippen molar-refractivity contribution in [1.82, 2.24) is 9.97 Å². The minimum atomic E-state index is 0.0125. The van der Waals surface area contributed by atoms with Crippen LogP contribution in [-0.2, 0) is 9.47 Å². The van der Waals surface area contributed by atoms with E-state index < -0.39 is 0 Å². The van der Waals surface area contributed by atoms with Crippen molar-refractivity contribution in [2.24, 2.45) is 0 Å². The van der Waals surface area contributed by atoms with Crippen LogP contribution in [0.25, 0.3) is 0 Å². The van der Waals surface area contributed by atoms with E-state index in [0.29, 0.717) is 5.92 Å². The Morgan fingerprint density at radius 2 is 2.05 bits per heavy atom. The van der Waals surface area contributed by atoms with Gasteiger partial charge in [0.25, 0.3) is 0 Å². The predicted molar refractivity (Wildman–Crippen MR) is 87.4 cm³/mol. The molecule has 1 atom stereocenters. The van der Waals surface area contributed by atoms with E-state index >= 15 is 0 Å². The Labute approximate surface area is 138 Å². The lowest BCUT2D eigenvalue weighted by Crippen LogP contribution is -2.54. The molecule has 1 aliphatic carbocycles. The molecule has 114 valence electrons. The Balaban J connectivity index is 1.34. The lowest BCUT2D eigenvalue weighted by Gasteiger charge is -2.41. The average molecular weight is 401 g/mol. The minimum Gasteiger partial charge on any atom is -0.353 e. The molecule has 1 aromatic heterocycles. The number of ether oxygens (including phenoxy) is 2. The van der Waals surface area contributed by atoms with Gasteiger partial charge in [-0.2, -0.15) is 0 Å².